The number of anilines is 2. The molecule has 1 aromatic carbocycles. The smallest absolute Gasteiger partial charge is 0.348 e. The molecule has 0 fully saturated rings. The summed E-state index contributed by atoms with van der Waals surface area (Å²) in [4.78, 5) is 15.5. The second-order valence-corrected chi connectivity index (χ2v) is 4.46. The molecule has 0 aliphatic carbocycles. The third-order valence-electron chi connectivity index (χ3n) is 3.08. The Hall–Kier alpha value is -3.03. The minimum atomic E-state index is -0.313. The van der Waals surface area contributed by atoms with Gasteiger partial charge >= 0.3 is 5.69 Å². The number of hydrogen-bond donors (Lipinski definition) is 3. The Kier molecular flexibility index (Phi) is 3.19. The number of nitrogens with one attached hydrogen (secondary N) is 2. The Morgan fingerprint density at radius 1 is 1.43 bits per heavy atom. The highest BCUT2D eigenvalue weighted by molar-refractivity contribution is 5.55. The number of fused-ring (bicyclic) bond motifs is 1. The van der Waals surface area contributed by atoms with Gasteiger partial charge < -0.3 is 15.8 Å². The molecule has 0 aliphatic heterocycles. The van der Waals surface area contributed by atoms with Crippen LogP contribution in [0.4, 0.5) is 11.5 Å². The molecule has 2 aromatic heterocycles. The van der Waals surface area contributed by atoms with Crippen LogP contribution < -0.4 is 21.5 Å². The molecule has 0 aliphatic rings. The number of methoxy groups -OCH3 is 1. The normalized spacial score (nSPS) is 10.7. The summed E-state index contributed by atoms with van der Waals surface area (Å²) >= 11 is 0. The van der Waals surface area contributed by atoms with Crippen LogP contribution in [0.3, 0.4) is 0 Å². The van der Waals surface area contributed by atoms with Crippen molar-refractivity contribution in [2.75, 3.05) is 18.2 Å². The van der Waals surface area contributed by atoms with Crippen molar-refractivity contribution in [1.82, 2.24) is 19.6 Å². The van der Waals surface area contributed by atoms with Crippen LogP contribution in [0.25, 0.3) is 5.65 Å². The number of benzene rings is 1. The molecule has 0 saturated carbocycles. The van der Waals surface area contributed by atoms with Crippen LogP contribution in [0.1, 0.15) is 5.56 Å². The first-order chi connectivity index (χ1) is 10.2. The fourth-order valence-corrected chi connectivity index (χ4v) is 1.99. The molecule has 0 radical (unpaired) electrons. The highest BCUT2D eigenvalue weighted by atomic mass is 16.5. The summed E-state index contributed by atoms with van der Waals surface area (Å²) in [5, 5.41) is 9.39. The lowest BCUT2D eigenvalue weighted by Gasteiger charge is -2.08. The maximum Gasteiger partial charge on any atom is 0.348 e. The molecule has 0 saturated heterocycles. The lowest BCUT2D eigenvalue weighted by Crippen LogP contribution is -2.10. The fourth-order valence-electron chi connectivity index (χ4n) is 1.99. The summed E-state index contributed by atoms with van der Waals surface area (Å²) in [5.74, 6) is 1.27. The molecule has 0 amide bonds. The molecule has 2 heterocycles. The summed E-state index contributed by atoms with van der Waals surface area (Å²) in [5.41, 5.74) is 7.63. The monoisotopic (exact) mass is 286 g/mol. The van der Waals surface area contributed by atoms with Gasteiger partial charge in [-0.25, -0.2) is 19.3 Å². The maximum absolute atomic E-state index is 11.3. The minimum absolute atomic E-state index is 0.313. The van der Waals surface area contributed by atoms with Crippen molar-refractivity contribution in [1.29, 1.82) is 0 Å². The van der Waals surface area contributed by atoms with E-state index >= 15 is 0 Å². The van der Waals surface area contributed by atoms with Crippen LogP contribution in [-0.2, 0) is 6.54 Å². The third kappa shape index (κ3) is 2.50. The zero-order valence-corrected chi connectivity index (χ0v) is 11.3. The Balaban J connectivity index is 1.76. The summed E-state index contributed by atoms with van der Waals surface area (Å²) in [6.07, 6.45) is 1.42. The Labute approximate surface area is 119 Å². The largest absolute Gasteiger partial charge is 0.495 e. The van der Waals surface area contributed by atoms with Gasteiger partial charge in [-0.3, -0.25) is 0 Å². The maximum atomic E-state index is 11.3. The van der Waals surface area contributed by atoms with Crippen LogP contribution in [0.2, 0.25) is 0 Å². The van der Waals surface area contributed by atoms with E-state index in [-0.39, 0.29) is 5.69 Å². The van der Waals surface area contributed by atoms with E-state index < -0.39 is 0 Å². The van der Waals surface area contributed by atoms with Gasteiger partial charge in [0.2, 0.25) is 0 Å². The number of aromatic nitrogens is 4. The first-order valence-corrected chi connectivity index (χ1v) is 6.26. The SMILES string of the molecule is COc1ccc(CNc2cc3n[nH]c(=O)n3cn2)cc1N. The van der Waals surface area contributed by atoms with Crippen molar-refractivity contribution in [2.45, 2.75) is 6.54 Å². The van der Waals surface area contributed by atoms with Crippen molar-refractivity contribution < 1.29 is 4.74 Å². The third-order valence-corrected chi connectivity index (χ3v) is 3.08. The average Bonchev–Trinajstić information content (AvgIpc) is 2.86. The zero-order valence-electron chi connectivity index (χ0n) is 11.3. The second-order valence-electron chi connectivity index (χ2n) is 4.46. The quantitative estimate of drug-likeness (QED) is 0.606. The molecule has 8 heteroatoms. The number of H-pyrrole nitrogens is 1. The molecule has 4 N–H and O–H groups in total. The molecular formula is C13H14N6O2. The average molecular weight is 286 g/mol. The molecule has 0 bridgehead atoms. The molecule has 3 rings (SSSR count). The van der Waals surface area contributed by atoms with Crippen molar-refractivity contribution >= 4 is 17.2 Å². The van der Waals surface area contributed by atoms with Crippen molar-refractivity contribution in [3.8, 4) is 5.75 Å². The van der Waals surface area contributed by atoms with Crippen LogP contribution in [0.5, 0.6) is 5.75 Å². The van der Waals surface area contributed by atoms with Crippen LogP contribution in [0.15, 0.2) is 35.4 Å². The Morgan fingerprint density at radius 2 is 2.29 bits per heavy atom. The van der Waals surface area contributed by atoms with Crippen molar-refractivity contribution in [2.24, 2.45) is 0 Å². The van der Waals surface area contributed by atoms with Gasteiger partial charge in [-0.05, 0) is 17.7 Å². The van der Waals surface area contributed by atoms with Crippen LogP contribution in [0, 0.1) is 0 Å². The van der Waals surface area contributed by atoms with E-state index in [0.717, 1.165) is 5.56 Å². The van der Waals surface area contributed by atoms with Gasteiger partial charge in [-0.2, -0.15) is 5.10 Å². The molecule has 21 heavy (non-hydrogen) atoms. The molecule has 8 nitrogen and oxygen atoms in total. The van der Waals surface area contributed by atoms with E-state index in [1.807, 2.05) is 18.2 Å². The number of nitrogens with zero attached hydrogens (tertiary/aromatic N) is 3. The number of ether oxygens (including phenoxy) is 1. The summed E-state index contributed by atoms with van der Waals surface area (Å²) in [6, 6.07) is 7.25. The van der Waals surface area contributed by atoms with E-state index in [4.69, 9.17) is 10.5 Å². The number of nitrogens with two attached hydrogens (primary N) is 1. The molecular weight excluding hydrogens is 272 g/mol. The number of nitrogen functional groups attached to an aromatic ring is 1. The van der Waals surface area contributed by atoms with Gasteiger partial charge in [-0.15, -0.1) is 0 Å². The van der Waals surface area contributed by atoms with E-state index in [9.17, 15) is 4.79 Å². The highest BCUT2D eigenvalue weighted by Gasteiger charge is 2.04. The van der Waals surface area contributed by atoms with Gasteiger partial charge in [-0.1, -0.05) is 6.07 Å². The molecule has 0 unspecified atom stereocenters. The van der Waals surface area contributed by atoms with Gasteiger partial charge in [0, 0.05) is 12.6 Å². The molecule has 0 atom stereocenters. The first kappa shape index (κ1) is 13.0. The molecule has 108 valence electrons. The topological polar surface area (TPSA) is 110 Å². The van der Waals surface area contributed by atoms with Gasteiger partial charge in [0.25, 0.3) is 0 Å². The highest BCUT2D eigenvalue weighted by Crippen LogP contribution is 2.22. The second kappa shape index (κ2) is 5.16. The fraction of sp³-hybridized carbons (Fsp3) is 0.154. The molecule has 3 aromatic rings. The first-order valence-electron chi connectivity index (χ1n) is 6.26. The van der Waals surface area contributed by atoms with Gasteiger partial charge in [0.15, 0.2) is 5.65 Å². The van der Waals surface area contributed by atoms with E-state index in [1.54, 1.807) is 13.2 Å². The zero-order chi connectivity index (χ0) is 14.8. The van der Waals surface area contributed by atoms with Crippen LogP contribution >= 0.6 is 0 Å². The Bertz CT molecular complexity index is 838. The van der Waals surface area contributed by atoms with Gasteiger partial charge in [0.1, 0.15) is 17.9 Å². The van der Waals surface area contributed by atoms with Crippen molar-refractivity contribution in [3.05, 3.63) is 46.6 Å². The number of hydrogen-bond acceptors (Lipinski definition) is 6. The predicted octanol–water partition coefficient (Wildman–Crippen LogP) is 0.621. The predicted molar refractivity (Wildman–Crippen MR) is 78.3 cm³/mol. The summed E-state index contributed by atoms with van der Waals surface area (Å²) < 4.78 is 6.44. The van der Waals surface area contributed by atoms with E-state index in [1.165, 1.54) is 10.7 Å². The van der Waals surface area contributed by atoms with Crippen LogP contribution in [-0.4, -0.2) is 26.7 Å². The van der Waals surface area contributed by atoms with E-state index in [2.05, 4.69) is 20.5 Å². The Morgan fingerprint density at radius 3 is 3.05 bits per heavy atom. The lowest BCUT2D eigenvalue weighted by molar-refractivity contribution is 0.417. The summed E-state index contributed by atoms with van der Waals surface area (Å²) in [7, 11) is 1.58. The number of aromatic amines is 1. The summed E-state index contributed by atoms with van der Waals surface area (Å²) in [6.45, 7) is 0.548. The van der Waals surface area contributed by atoms with Crippen molar-refractivity contribution in [3.63, 3.8) is 0 Å². The lowest BCUT2D eigenvalue weighted by atomic mass is 10.2. The van der Waals surface area contributed by atoms with Gasteiger partial charge in [0.05, 0.1) is 12.8 Å². The number of rotatable bonds is 4. The molecule has 0 spiro atoms. The van der Waals surface area contributed by atoms with E-state index in [0.29, 0.717) is 29.4 Å². The standard InChI is InChI=1S/C13H14N6O2/c1-21-10-3-2-8(4-9(10)14)6-15-11-5-12-17-18-13(20)19(12)7-16-11/h2-5,7,15H,6,14H2,1H3,(H,18,20). The minimum Gasteiger partial charge on any atom is -0.495 e.